The molecule has 0 aliphatic carbocycles. The quantitative estimate of drug-likeness (QED) is 0.410. The maximum absolute atomic E-state index is 12.4. The van der Waals surface area contributed by atoms with Crippen molar-refractivity contribution in [1.29, 1.82) is 0 Å². The van der Waals surface area contributed by atoms with Crippen LogP contribution in [-0.4, -0.2) is 31.4 Å². The number of nitrogens with one attached hydrogen (secondary N) is 1. The molecule has 2 aromatic heterocycles. The lowest BCUT2D eigenvalue weighted by molar-refractivity contribution is -0.113. The van der Waals surface area contributed by atoms with E-state index in [9.17, 15) is 4.79 Å². The number of para-hydroxylation sites is 1. The summed E-state index contributed by atoms with van der Waals surface area (Å²) in [6, 6.07) is 15.8. The van der Waals surface area contributed by atoms with Crippen molar-refractivity contribution in [1.82, 2.24) is 19.7 Å². The monoisotopic (exact) mass is 389 g/mol. The molecular weight excluding hydrogens is 370 g/mol. The van der Waals surface area contributed by atoms with Gasteiger partial charge in [-0.15, -0.1) is 0 Å². The number of benzene rings is 2. The molecule has 0 aliphatic rings. The number of aromatic nitrogens is 4. The Labute approximate surface area is 167 Å². The Morgan fingerprint density at radius 3 is 2.75 bits per heavy atom. The average Bonchev–Trinajstić information content (AvgIpc) is 3.14. The van der Waals surface area contributed by atoms with E-state index in [4.69, 9.17) is 0 Å². The number of fused-ring (bicyclic) bond motifs is 1. The van der Waals surface area contributed by atoms with Crippen LogP contribution in [0.5, 0.6) is 0 Å². The first kappa shape index (κ1) is 18.2. The van der Waals surface area contributed by atoms with Crippen molar-refractivity contribution >= 4 is 34.4 Å². The number of hydrogen-bond donors (Lipinski definition) is 1. The Morgan fingerprint density at radius 2 is 1.93 bits per heavy atom. The van der Waals surface area contributed by atoms with Gasteiger partial charge in [0.15, 0.2) is 5.65 Å². The number of carbonyl (C=O) groups is 1. The lowest BCUT2D eigenvalue weighted by atomic mass is 10.1. The second kappa shape index (κ2) is 7.82. The maximum atomic E-state index is 12.4. The van der Waals surface area contributed by atoms with Gasteiger partial charge in [0.25, 0.3) is 0 Å². The molecule has 0 aliphatic heterocycles. The molecule has 0 radical (unpaired) electrons. The molecule has 0 bridgehead atoms. The fraction of sp³-hybridized carbons (Fsp3) is 0.143. The molecule has 0 atom stereocenters. The van der Waals surface area contributed by atoms with Gasteiger partial charge in [-0.25, -0.2) is 14.6 Å². The zero-order chi connectivity index (χ0) is 19.5. The van der Waals surface area contributed by atoms with Gasteiger partial charge in [0.1, 0.15) is 11.4 Å². The molecule has 1 amide bonds. The third kappa shape index (κ3) is 3.75. The molecule has 7 heteroatoms. The van der Waals surface area contributed by atoms with Gasteiger partial charge in [-0.3, -0.25) is 4.79 Å². The Hall–Kier alpha value is -3.19. The molecule has 140 valence electrons. The first-order valence-corrected chi connectivity index (χ1v) is 9.84. The number of rotatable bonds is 5. The summed E-state index contributed by atoms with van der Waals surface area (Å²) in [6.07, 6.45) is 3.25. The van der Waals surface area contributed by atoms with Crippen LogP contribution in [0.25, 0.3) is 16.7 Å². The van der Waals surface area contributed by atoms with Crippen LogP contribution in [0.4, 0.5) is 5.69 Å². The largest absolute Gasteiger partial charge is 0.325 e. The standard InChI is InChI=1S/C21H19N5OS/c1-14-8-9-15(2)18(10-14)25-19(27)12-28-21-17-11-24-26(20(17)22-13-23-21)16-6-4-3-5-7-16/h3-11,13H,12H2,1-2H3,(H,25,27). The van der Waals surface area contributed by atoms with Crippen LogP contribution in [0, 0.1) is 13.8 Å². The summed E-state index contributed by atoms with van der Waals surface area (Å²) in [5, 5.41) is 8.99. The van der Waals surface area contributed by atoms with E-state index in [2.05, 4.69) is 20.4 Å². The number of hydrogen-bond acceptors (Lipinski definition) is 5. The van der Waals surface area contributed by atoms with Gasteiger partial charge in [-0.1, -0.05) is 42.1 Å². The number of nitrogens with zero attached hydrogens (tertiary/aromatic N) is 4. The first-order chi connectivity index (χ1) is 13.6. The minimum Gasteiger partial charge on any atom is -0.325 e. The summed E-state index contributed by atoms with van der Waals surface area (Å²) in [7, 11) is 0. The van der Waals surface area contributed by atoms with Crippen molar-refractivity contribution in [2.24, 2.45) is 0 Å². The summed E-state index contributed by atoms with van der Waals surface area (Å²) in [6.45, 7) is 3.99. The van der Waals surface area contributed by atoms with Crippen molar-refractivity contribution in [3.8, 4) is 5.69 Å². The van der Waals surface area contributed by atoms with E-state index in [1.54, 1.807) is 10.9 Å². The molecule has 1 N–H and O–H groups in total. The van der Waals surface area contributed by atoms with Crippen LogP contribution in [-0.2, 0) is 4.79 Å². The Bertz CT molecular complexity index is 1140. The summed E-state index contributed by atoms with van der Waals surface area (Å²) in [5.74, 6) is 0.191. The molecule has 0 spiro atoms. The van der Waals surface area contributed by atoms with Crippen LogP contribution in [0.2, 0.25) is 0 Å². The maximum Gasteiger partial charge on any atom is 0.234 e. The zero-order valence-electron chi connectivity index (χ0n) is 15.6. The van der Waals surface area contributed by atoms with E-state index < -0.39 is 0 Å². The van der Waals surface area contributed by atoms with E-state index in [1.165, 1.54) is 18.1 Å². The third-order valence-electron chi connectivity index (χ3n) is 4.34. The lowest BCUT2D eigenvalue weighted by Crippen LogP contribution is -2.15. The van der Waals surface area contributed by atoms with Gasteiger partial charge in [-0.2, -0.15) is 5.10 Å². The van der Waals surface area contributed by atoms with Gasteiger partial charge in [0.2, 0.25) is 5.91 Å². The highest BCUT2D eigenvalue weighted by atomic mass is 32.2. The van der Waals surface area contributed by atoms with Gasteiger partial charge < -0.3 is 5.32 Å². The number of thioether (sulfide) groups is 1. The fourth-order valence-corrected chi connectivity index (χ4v) is 3.65. The van der Waals surface area contributed by atoms with Gasteiger partial charge in [0, 0.05) is 5.69 Å². The van der Waals surface area contributed by atoms with Crippen LogP contribution >= 0.6 is 11.8 Å². The molecule has 28 heavy (non-hydrogen) atoms. The van der Waals surface area contributed by atoms with E-state index >= 15 is 0 Å². The summed E-state index contributed by atoms with van der Waals surface area (Å²) < 4.78 is 1.78. The van der Waals surface area contributed by atoms with E-state index in [-0.39, 0.29) is 11.7 Å². The Balaban J connectivity index is 1.52. The smallest absolute Gasteiger partial charge is 0.234 e. The Morgan fingerprint density at radius 1 is 1.11 bits per heavy atom. The minimum absolute atomic E-state index is 0.0686. The first-order valence-electron chi connectivity index (χ1n) is 8.86. The number of amides is 1. The molecule has 2 aromatic carbocycles. The van der Waals surface area contributed by atoms with E-state index in [0.29, 0.717) is 0 Å². The van der Waals surface area contributed by atoms with Crippen molar-refractivity contribution < 1.29 is 4.79 Å². The van der Waals surface area contributed by atoms with Gasteiger partial charge in [0.05, 0.1) is 23.0 Å². The third-order valence-corrected chi connectivity index (χ3v) is 5.34. The predicted molar refractivity (Wildman–Crippen MR) is 112 cm³/mol. The lowest BCUT2D eigenvalue weighted by Gasteiger charge is -2.09. The molecule has 4 aromatic rings. The van der Waals surface area contributed by atoms with E-state index in [1.807, 2.05) is 62.4 Å². The van der Waals surface area contributed by atoms with Crippen LogP contribution in [0.1, 0.15) is 11.1 Å². The van der Waals surface area contributed by atoms with Crippen LogP contribution in [0.15, 0.2) is 66.1 Å². The molecule has 4 rings (SSSR count). The van der Waals surface area contributed by atoms with Gasteiger partial charge >= 0.3 is 0 Å². The average molecular weight is 389 g/mol. The normalized spacial score (nSPS) is 10.9. The van der Waals surface area contributed by atoms with Crippen molar-refractivity contribution in [3.63, 3.8) is 0 Å². The highest BCUT2D eigenvalue weighted by Gasteiger charge is 2.13. The molecule has 0 fully saturated rings. The second-order valence-electron chi connectivity index (χ2n) is 6.46. The Kier molecular flexibility index (Phi) is 5.08. The minimum atomic E-state index is -0.0686. The summed E-state index contributed by atoms with van der Waals surface area (Å²) >= 11 is 1.38. The molecule has 0 unspecified atom stereocenters. The van der Waals surface area contributed by atoms with Crippen molar-refractivity contribution in [3.05, 3.63) is 72.2 Å². The topological polar surface area (TPSA) is 72.7 Å². The number of aryl methyl sites for hydroxylation is 2. The predicted octanol–water partition coefficient (Wildman–Crippen LogP) is 4.16. The highest BCUT2D eigenvalue weighted by Crippen LogP contribution is 2.26. The van der Waals surface area contributed by atoms with Crippen LogP contribution in [0.3, 0.4) is 0 Å². The zero-order valence-corrected chi connectivity index (χ0v) is 16.4. The molecule has 2 heterocycles. The molecule has 6 nitrogen and oxygen atoms in total. The molecule has 0 saturated carbocycles. The van der Waals surface area contributed by atoms with Crippen molar-refractivity contribution in [2.75, 3.05) is 11.1 Å². The van der Waals surface area contributed by atoms with Crippen molar-refractivity contribution in [2.45, 2.75) is 18.9 Å². The SMILES string of the molecule is Cc1ccc(C)c(NC(=O)CSc2ncnc3c2cnn3-c2ccccc2)c1. The summed E-state index contributed by atoms with van der Waals surface area (Å²) in [4.78, 5) is 21.1. The number of carbonyl (C=O) groups excluding carboxylic acids is 1. The van der Waals surface area contributed by atoms with Crippen LogP contribution < -0.4 is 5.32 Å². The van der Waals surface area contributed by atoms with Gasteiger partial charge in [-0.05, 0) is 43.2 Å². The van der Waals surface area contributed by atoms with E-state index in [0.717, 1.165) is 38.6 Å². The summed E-state index contributed by atoms with van der Waals surface area (Å²) in [5.41, 5.74) is 4.64. The fourth-order valence-electron chi connectivity index (χ4n) is 2.89. The second-order valence-corrected chi connectivity index (χ2v) is 7.43. The number of anilines is 1. The molecular formula is C21H19N5OS. The molecule has 0 saturated heterocycles. The highest BCUT2D eigenvalue weighted by molar-refractivity contribution is 8.00.